The molecular weight excluding hydrogens is 156 g/mol. The molecule has 0 saturated carbocycles. The van der Waals surface area contributed by atoms with Crippen LogP contribution in [0.25, 0.3) is 0 Å². The molecule has 0 radical (unpaired) electrons. The third-order valence-electron chi connectivity index (χ3n) is 1.12. The van der Waals surface area contributed by atoms with Gasteiger partial charge in [-0.3, -0.25) is 0 Å². The summed E-state index contributed by atoms with van der Waals surface area (Å²) in [6.45, 7) is 1.91. The molecule has 0 aromatic heterocycles. The molecule has 0 aliphatic rings. The number of rotatable bonds is 3. The average Bonchev–Trinajstić information content (AvgIpc) is 2.03. The molecule has 66 valence electrons. The molecule has 0 amide bonds. The minimum absolute atomic E-state index is 0.179. The molecule has 0 aromatic carbocycles. The SMILES string of the molecule is CCC#CCC(=COC)C(=O)O. The summed E-state index contributed by atoms with van der Waals surface area (Å²) in [7, 11) is 1.41. The Labute approximate surface area is 72.0 Å². The van der Waals surface area contributed by atoms with E-state index in [9.17, 15) is 4.79 Å². The van der Waals surface area contributed by atoms with E-state index in [1.54, 1.807) is 0 Å². The van der Waals surface area contributed by atoms with Gasteiger partial charge in [-0.2, -0.15) is 0 Å². The molecule has 3 heteroatoms. The van der Waals surface area contributed by atoms with Crippen LogP contribution in [0.15, 0.2) is 11.8 Å². The van der Waals surface area contributed by atoms with Gasteiger partial charge in [0, 0.05) is 12.8 Å². The van der Waals surface area contributed by atoms with Crippen LogP contribution in [0.5, 0.6) is 0 Å². The lowest BCUT2D eigenvalue weighted by Gasteiger charge is -1.94. The van der Waals surface area contributed by atoms with Crippen LogP contribution in [0, 0.1) is 11.8 Å². The molecule has 3 nitrogen and oxygen atoms in total. The summed E-state index contributed by atoms with van der Waals surface area (Å²) in [6, 6.07) is 0. The van der Waals surface area contributed by atoms with Crippen LogP contribution in [0.2, 0.25) is 0 Å². The Morgan fingerprint density at radius 1 is 1.58 bits per heavy atom. The quantitative estimate of drug-likeness (QED) is 0.393. The molecule has 0 fully saturated rings. The first-order valence-corrected chi connectivity index (χ1v) is 3.63. The van der Waals surface area contributed by atoms with Crippen LogP contribution in [0.3, 0.4) is 0 Å². The molecule has 0 rings (SSSR count). The summed E-state index contributed by atoms with van der Waals surface area (Å²) in [6.07, 6.45) is 2.17. The molecule has 0 bridgehead atoms. The zero-order valence-corrected chi connectivity index (χ0v) is 7.26. The third-order valence-corrected chi connectivity index (χ3v) is 1.12. The zero-order chi connectivity index (χ0) is 9.40. The predicted molar refractivity (Wildman–Crippen MR) is 45.4 cm³/mol. The molecule has 12 heavy (non-hydrogen) atoms. The number of hydrogen-bond acceptors (Lipinski definition) is 2. The molecule has 0 aromatic rings. The van der Waals surface area contributed by atoms with Crippen molar-refractivity contribution in [1.82, 2.24) is 0 Å². The van der Waals surface area contributed by atoms with Crippen molar-refractivity contribution in [2.75, 3.05) is 7.11 Å². The molecule has 0 saturated heterocycles. The lowest BCUT2D eigenvalue weighted by atomic mass is 10.2. The van der Waals surface area contributed by atoms with Crippen LogP contribution >= 0.6 is 0 Å². The first kappa shape index (κ1) is 10.6. The maximum Gasteiger partial charge on any atom is 0.335 e. The molecule has 1 N–H and O–H groups in total. The Hall–Kier alpha value is -1.43. The van der Waals surface area contributed by atoms with Crippen LogP contribution < -0.4 is 0 Å². The van der Waals surface area contributed by atoms with Gasteiger partial charge in [0.1, 0.15) is 0 Å². The highest BCUT2D eigenvalue weighted by atomic mass is 16.5. The fraction of sp³-hybridized carbons (Fsp3) is 0.444. The fourth-order valence-corrected chi connectivity index (χ4v) is 0.593. The number of ether oxygens (including phenoxy) is 1. The standard InChI is InChI=1S/C9H12O3/c1-3-4-5-6-8(7-12-2)9(10)11/h7H,3,6H2,1-2H3,(H,10,11). The van der Waals surface area contributed by atoms with Crippen molar-refractivity contribution in [3.8, 4) is 11.8 Å². The number of carbonyl (C=O) groups is 1. The van der Waals surface area contributed by atoms with Gasteiger partial charge >= 0.3 is 5.97 Å². The van der Waals surface area contributed by atoms with E-state index in [0.717, 1.165) is 6.42 Å². The van der Waals surface area contributed by atoms with Gasteiger partial charge in [0.25, 0.3) is 0 Å². The zero-order valence-electron chi connectivity index (χ0n) is 7.26. The normalized spacial score (nSPS) is 10.0. The van der Waals surface area contributed by atoms with Gasteiger partial charge < -0.3 is 9.84 Å². The van der Waals surface area contributed by atoms with Gasteiger partial charge in [-0.25, -0.2) is 4.79 Å². The average molecular weight is 168 g/mol. The van der Waals surface area contributed by atoms with Crippen molar-refractivity contribution < 1.29 is 14.6 Å². The lowest BCUT2D eigenvalue weighted by molar-refractivity contribution is -0.132. The Kier molecular flexibility index (Phi) is 5.54. The fourth-order valence-electron chi connectivity index (χ4n) is 0.593. The smallest absolute Gasteiger partial charge is 0.335 e. The highest BCUT2D eigenvalue weighted by Crippen LogP contribution is 1.99. The number of carboxylic acids is 1. The van der Waals surface area contributed by atoms with Crippen LogP contribution in [0.1, 0.15) is 19.8 Å². The van der Waals surface area contributed by atoms with E-state index in [4.69, 9.17) is 5.11 Å². The lowest BCUT2D eigenvalue weighted by Crippen LogP contribution is -1.99. The Balaban J connectivity index is 4.15. The summed E-state index contributed by atoms with van der Waals surface area (Å²) >= 11 is 0. The van der Waals surface area contributed by atoms with Gasteiger partial charge in [0.05, 0.1) is 18.9 Å². The highest BCUT2D eigenvalue weighted by molar-refractivity contribution is 5.86. The molecule has 0 heterocycles. The topological polar surface area (TPSA) is 46.5 Å². The molecule has 0 aliphatic heterocycles. The van der Waals surface area contributed by atoms with Gasteiger partial charge in [0.2, 0.25) is 0 Å². The van der Waals surface area contributed by atoms with Crippen molar-refractivity contribution in [3.05, 3.63) is 11.8 Å². The summed E-state index contributed by atoms with van der Waals surface area (Å²) in [4.78, 5) is 10.5. The van der Waals surface area contributed by atoms with E-state index in [1.165, 1.54) is 13.4 Å². The maximum absolute atomic E-state index is 10.5. The first-order chi connectivity index (χ1) is 5.72. The molecule has 0 aliphatic carbocycles. The molecular formula is C9H12O3. The van der Waals surface area contributed by atoms with Crippen molar-refractivity contribution in [1.29, 1.82) is 0 Å². The maximum atomic E-state index is 10.5. The van der Waals surface area contributed by atoms with E-state index in [0.29, 0.717) is 0 Å². The van der Waals surface area contributed by atoms with Gasteiger partial charge in [-0.15, -0.1) is 5.92 Å². The number of carboxylic acid groups (broad SMARTS) is 1. The second kappa shape index (κ2) is 6.29. The third kappa shape index (κ3) is 4.40. The number of aliphatic carboxylic acids is 1. The van der Waals surface area contributed by atoms with Crippen LogP contribution in [-0.2, 0) is 9.53 Å². The minimum atomic E-state index is -0.984. The number of methoxy groups -OCH3 is 1. The summed E-state index contributed by atoms with van der Waals surface area (Å²) in [5.74, 6) is 4.52. The van der Waals surface area contributed by atoms with E-state index in [1.807, 2.05) is 6.92 Å². The largest absolute Gasteiger partial charge is 0.504 e. The molecule has 0 spiro atoms. The number of hydrogen-bond donors (Lipinski definition) is 1. The van der Waals surface area contributed by atoms with E-state index < -0.39 is 5.97 Å². The van der Waals surface area contributed by atoms with Crippen molar-refractivity contribution in [2.45, 2.75) is 19.8 Å². The van der Waals surface area contributed by atoms with Crippen molar-refractivity contribution in [3.63, 3.8) is 0 Å². The van der Waals surface area contributed by atoms with Crippen LogP contribution in [0.4, 0.5) is 0 Å². The minimum Gasteiger partial charge on any atom is -0.504 e. The molecule has 0 atom stereocenters. The second-order valence-electron chi connectivity index (χ2n) is 2.07. The predicted octanol–water partition coefficient (Wildman–Crippen LogP) is 1.40. The second-order valence-corrected chi connectivity index (χ2v) is 2.07. The highest BCUT2D eigenvalue weighted by Gasteiger charge is 2.04. The van der Waals surface area contributed by atoms with E-state index >= 15 is 0 Å². The van der Waals surface area contributed by atoms with Gasteiger partial charge in [-0.1, -0.05) is 12.8 Å². The van der Waals surface area contributed by atoms with Gasteiger partial charge in [-0.05, 0) is 0 Å². The monoisotopic (exact) mass is 168 g/mol. The molecule has 0 unspecified atom stereocenters. The van der Waals surface area contributed by atoms with Crippen LogP contribution in [-0.4, -0.2) is 18.2 Å². The summed E-state index contributed by atoms with van der Waals surface area (Å²) in [5.41, 5.74) is 0.179. The Bertz CT molecular complexity index is 230. The van der Waals surface area contributed by atoms with Gasteiger partial charge in [0.15, 0.2) is 0 Å². The summed E-state index contributed by atoms with van der Waals surface area (Å²) in [5, 5.41) is 8.59. The van der Waals surface area contributed by atoms with E-state index in [2.05, 4.69) is 16.6 Å². The Morgan fingerprint density at radius 2 is 2.25 bits per heavy atom. The first-order valence-electron chi connectivity index (χ1n) is 3.63. The summed E-state index contributed by atoms with van der Waals surface area (Å²) < 4.78 is 4.59. The van der Waals surface area contributed by atoms with E-state index in [-0.39, 0.29) is 12.0 Å². The Morgan fingerprint density at radius 3 is 2.67 bits per heavy atom. The van der Waals surface area contributed by atoms with Crippen molar-refractivity contribution in [2.24, 2.45) is 0 Å². The van der Waals surface area contributed by atoms with Crippen molar-refractivity contribution >= 4 is 5.97 Å².